The molecule has 2 heterocycles. The van der Waals surface area contributed by atoms with Crippen molar-refractivity contribution in [1.82, 2.24) is 15.4 Å². The number of furan rings is 1. The standard InChI is InChI=1S/C28H28N4O6S/c33-26(31-28-29-13-4-14-30-28)12-10-18-9-11-23-20(15-18)16-24(38-23)22(17-27(34)35)32-39(36,37)25-8-3-6-19-5-1-2-7-21(19)25/h1-3,5-9,11,15-16,22,32H,4,10,12-14,17H2,(H,34,35)(H2,29,30,31,33). The molecule has 3 aromatic carbocycles. The summed E-state index contributed by atoms with van der Waals surface area (Å²) in [5, 5.41) is 17.3. The van der Waals surface area contributed by atoms with Gasteiger partial charge in [-0.3, -0.25) is 19.9 Å². The van der Waals surface area contributed by atoms with E-state index in [9.17, 15) is 23.1 Å². The number of nitrogens with one attached hydrogen (secondary N) is 3. The summed E-state index contributed by atoms with van der Waals surface area (Å²) in [7, 11) is -4.09. The number of amides is 1. The number of nitrogens with zero attached hydrogens (tertiary/aromatic N) is 1. The third-order valence-corrected chi connectivity index (χ3v) is 7.98. The lowest BCUT2D eigenvalue weighted by atomic mass is 10.1. The second-order valence-electron chi connectivity index (χ2n) is 9.33. The summed E-state index contributed by atoms with van der Waals surface area (Å²) in [6.07, 6.45) is 1.16. The Labute approximate surface area is 225 Å². The van der Waals surface area contributed by atoms with Crippen molar-refractivity contribution in [1.29, 1.82) is 0 Å². The normalized spacial score (nSPS) is 14.5. The number of carbonyl (C=O) groups excluding carboxylic acids is 1. The van der Waals surface area contributed by atoms with Gasteiger partial charge in [-0.15, -0.1) is 0 Å². The second-order valence-corrected chi connectivity index (χ2v) is 11.0. The summed E-state index contributed by atoms with van der Waals surface area (Å²) in [5.74, 6) is -0.644. The lowest BCUT2D eigenvalue weighted by Gasteiger charge is -2.16. The van der Waals surface area contributed by atoms with Gasteiger partial charge in [-0.25, -0.2) is 8.42 Å². The molecule has 39 heavy (non-hydrogen) atoms. The van der Waals surface area contributed by atoms with Gasteiger partial charge in [-0.05, 0) is 48.1 Å². The molecule has 0 aliphatic carbocycles. The van der Waals surface area contributed by atoms with Crippen LogP contribution in [0, 0.1) is 0 Å². The number of sulfonamides is 1. The Bertz CT molecular complexity index is 1670. The van der Waals surface area contributed by atoms with Gasteiger partial charge in [0.15, 0.2) is 5.96 Å². The summed E-state index contributed by atoms with van der Waals surface area (Å²) < 4.78 is 35.2. The zero-order valence-electron chi connectivity index (χ0n) is 21.0. The molecule has 1 atom stereocenters. The van der Waals surface area contributed by atoms with E-state index in [-0.39, 0.29) is 23.0 Å². The maximum absolute atomic E-state index is 13.4. The number of carboxylic acids is 1. The van der Waals surface area contributed by atoms with Crippen LogP contribution in [0.2, 0.25) is 0 Å². The molecular weight excluding hydrogens is 520 g/mol. The number of carboxylic acid groups (broad SMARTS) is 1. The van der Waals surface area contributed by atoms with E-state index >= 15 is 0 Å². The number of benzene rings is 3. The molecule has 0 bridgehead atoms. The Kier molecular flexibility index (Phi) is 7.62. The highest BCUT2D eigenvalue weighted by molar-refractivity contribution is 7.89. The zero-order valence-corrected chi connectivity index (χ0v) is 21.8. The second kappa shape index (κ2) is 11.3. The highest BCUT2D eigenvalue weighted by Crippen LogP contribution is 2.30. The van der Waals surface area contributed by atoms with Gasteiger partial charge < -0.3 is 14.8 Å². The zero-order chi connectivity index (χ0) is 27.4. The van der Waals surface area contributed by atoms with Gasteiger partial charge in [-0.1, -0.05) is 42.5 Å². The van der Waals surface area contributed by atoms with Crippen LogP contribution in [0.5, 0.6) is 0 Å². The van der Waals surface area contributed by atoms with Gasteiger partial charge >= 0.3 is 5.97 Å². The molecule has 1 aromatic heterocycles. The molecule has 1 aliphatic rings. The van der Waals surface area contributed by atoms with Crippen molar-refractivity contribution in [3.05, 3.63) is 78.1 Å². The fourth-order valence-corrected chi connectivity index (χ4v) is 6.00. The summed E-state index contributed by atoms with van der Waals surface area (Å²) in [4.78, 5) is 28.2. The topological polar surface area (TPSA) is 150 Å². The van der Waals surface area contributed by atoms with E-state index in [1.807, 2.05) is 30.3 Å². The maximum Gasteiger partial charge on any atom is 0.305 e. The summed E-state index contributed by atoms with van der Waals surface area (Å²) >= 11 is 0. The first-order valence-corrected chi connectivity index (χ1v) is 14.1. The quantitative estimate of drug-likeness (QED) is 0.250. The summed E-state index contributed by atoms with van der Waals surface area (Å²) in [6, 6.07) is 17.9. The molecular formula is C28H28N4O6S. The number of aliphatic carboxylic acids is 1. The first-order valence-electron chi connectivity index (χ1n) is 12.6. The van der Waals surface area contributed by atoms with Crippen LogP contribution in [-0.4, -0.2) is 44.4 Å². The predicted octanol–water partition coefficient (Wildman–Crippen LogP) is 3.48. The van der Waals surface area contributed by atoms with Crippen molar-refractivity contribution in [3.63, 3.8) is 0 Å². The van der Waals surface area contributed by atoms with Crippen molar-refractivity contribution < 1.29 is 27.5 Å². The Morgan fingerprint density at radius 1 is 1.05 bits per heavy atom. The van der Waals surface area contributed by atoms with Gasteiger partial charge in [0.1, 0.15) is 11.3 Å². The number of guanidine groups is 1. The van der Waals surface area contributed by atoms with Crippen molar-refractivity contribution in [2.45, 2.75) is 36.6 Å². The number of hydrogen-bond acceptors (Lipinski definition) is 7. The van der Waals surface area contributed by atoms with E-state index in [1.165, 1.54) is 6.07 Å². The van der Waals surface area contributed by atoms with Gasteiger partial charge in [-0.2, -0.15) is 4.72 Å². The number of carbonyl (C=O) groups is 2. The van der Waals surface area contributed by atoms with Crippen LogP contribution in [0.1, 0.15) is 36.6 Å². The molecule has 0 spiro atoms. The molecule has 10 nitrogen and oxygen atoms in total. The van der Waals surface area contributed by atoms with Crippen LogP contribution in [-0.2, 0) is 26.0 Å². The fraction of sp³-hybridized carbons (Fsp3) is 0.250. The molecule has 0 radical (unpaired) electrons. The van der Waals surface area contributed by atoms with Gasteiger partial charge in [0.25, 0.3) is 0 Å². The first kappa shape index (κ1) is 26.4. The SMILES string of the molecule is O=C(O)CC(NS(=O)(=O)c1cccc2ccccc12)c1cc2cc(CCC(=O)NC3=NCCCN3)ccc2o1. The van der Waals surface area contributed by atoms with Crippen LogP contribution in [0.4, 0.5) is 0 Å². The average Bonchev–Trinajstić information content (AvgIpc) is 3.35. The Morgan fingerprint density at radius 2 is 1.87 bits per heavy atom. The molecule has 1 amide bonds. The molecule has 4 aromatic rings. The predicted molar refractivity (Wildman–Crippen MR) is 147 cm³/mol. The first-order chi connectivity index (χ1) is 18.8. The molecule has 0 fully saturated rings. The number of fused-ring (bicyclic) bond motifs is 2. The van der Waals surface area contributed by atoms with E-state index in [0.29, 0.717) is 35.3 Å². The number of rotatable bonds is 9. The van der Waals surface area contributed by atoms with Crippen molar-refractivity contribution in [3.8, 4) is 0 Å². The Morgan fingerprint density at radius 3 is 2.67 bits per heavy atom. The third-order valence-electron chi connectivity index (χ3n) is 6.45. The van der Waals surface area contributed by atoms with Gasteiger partial charge in [0.2, 0.25) is 15.9 Å². The summed E-state index contributed by atoms with van der Waals surface area (Å²) in [6.45, 7) is 1.46. The Hall–Kier alpha value is -4.22. The Balaban J connectivity index is 1.35. The highest BCUT2D eigenvalue weighted by atomic mass is 32.2. The average molecular weight is 549 g/mol. The minimum atomic E-state index is -4.09. The fourth-order valence-electron chi connectivity index (χ4n) is 4.57. The highest BCUT2D eigenvalue weighted by Gasteiger charge is 2.27. The van der Waals surface area contributed by atoms with Crippen LogP contribution in [0.3, 0.4) is 0 Å². The molecule has 202 valence electrons. The lowest BCUT2D eigenvalue weighted by molar-refractivity contribution is -0.137. The molecule has 1 aliphatic heterocycles. The van der Waals surface area contributed by atoms with Crippen molar-refractivity contribution in [2.24, 2.45) is 4.99 Å². The monoisotopic (exact) mass is 548 g/mol. The summed E-state index contributed by atoms with van der Waals surface area (Å²) in [5.41, 5.74) is 1.37. The molecule has 1 unspecified atom stereocenters. The van der Waals surface area contributed by atoms with Crippen LogP contribution < -0.4 is 15.4 Å². The third kappa shape index (κ3) is 6.27. The number of aryl methyl sites for hydroxylation is 1. The van der Waals surface area contributed by atoms with E-state index < -0.39 is 28.5 Å². The van der Waals surface area contributed by atoms with Gasteiger partial charge in [0.05, 0.1) is 17.4 Å². The number of aliphatic imine (C=N–C) groups is 1. The van der Waals surface area contributed by atoms with Crippen LogP contribution in [0.15, 0.2) is 81.0 Å². The van der Waals surface area contributed by atoms with Crippen LogP contribution in [0.25, 0.3) is 21.7 Å². The van der Waals surface area contributed by atoms with E-state index in [0.717, 1.165) is 23.9 Å². The van der Waals surface area contributed by atoms with Crippen LogP contribution >= 0.6 is 0 Å². The van der Waals surface area contributed by atoms with E-state index in [4.69, 9.17) is 4.42 Å². The molecule has 4 N–H and O–H groups in total. The van der Waals surface area contributed by atoms with E-state index in [2.05, 4.69) is 20.3 Å². The smallest absolute Gasteiger partial charge is 0.305 e. The molecule has 0 saturated heterocycles. The van der Waals surface area contributed by atoms with Crippen molar-refractivity contribution >= 4 is 49.6 Å². The molecule has 0 saturated carbocycles. The molecule has 11 heteroatoms. The minimum absolute atomic E-state index is 0.0575. The lowest BCUT2D eigenvalue weighted by Crippen LogP contribution is -2.43. The minimum Gasteiger partial charge on any atom is -0.481 e. The van der Waals surface area contributed by atoms with Crippen molar-refractivity contribution in [2.75, 3.05) is 13.1 Å². The van der Waals surface area contributed by atoms with Gasteiger partial charge in [0, 0.05) is 30.3 Å². The van der Waals surface area contributed by atoms with E-state index in [1.54, 1.807) is 30.3 Å². The number of hydrogen-bond donors (Lipinski definition) is 4. The largest absolute Gasteiger partial charge is 0.481 e. The maximum atomic E-state index is 13.4. The molecule has 5 rings (SSSR count).